The lowest BCUT2D eigenvalue weighted by Gasteiger charge is -2.30. The zero-order chi connectivity index (χ0) is 17.6. The molecule has 1 aromatic heterocycles. The van der Waals surface area contributed by atoms with Gasteiger partial charge in [0.2, 0.25) is 12.4 Å². The third-order valence-electron chi connectivity index (χ3n) is 3.96. The highest BCUT2D eigenvalue weighted by atomic mass is 19.1. The lowest BCUT2D eigenvalue weighted by atomic mass is 9.81. The number of rotatable bonds is 5. The minimum atomic E-state index is -0.329. The molecule has 0 unspecified atom stereocenters. The van der Waals surface area contributed by atoms with Gasteiger partial charge in [-0.25, -0.2) is 9.37 Å². The van der Waals surface area contributed by atoms with Crippen LogP contribution in [-0.2, 0) is 4.79 Å². The van der Waals surface area contributed by atoms with Crippen molar-refractivity contribution in [3.8, 4) is 11.8 Å². The van der Waals surface area contributed by atoms with E-state index < -0.39 is 0 Å². The van der Waals surface area contributed by atoms with E-state index in [0.717, 1.165) is 19.3 Å². The highest BCUT2D eigenvalue weighted by Crippen LogP contribution is 2.26. The first-order chi connectivity index (χ1) is 12.2. The maximum Gasteiger partial charge on any atom is 0.229 e. The number of hydrogen-bond donors (Lipinski definition) is 3. The van der Waals surface area contributed by atoms with E-state index in [1.807, 2.05) is 0 Å². The molecule has 0 bridgehead atoms. The quantitative estimate of drug-likeness (QED) is 0.575. The highest BCUT2D eigenvalue weighted by molar-refractivity contribution is 5.59. The molecule has 0 atom stereocenters. The minimum absolute atomic E-state index is 0.231. The lowest BCUT2D eigenvalue weighted by Crippen LogP contribution is -2.39. The van der Waals surface area contributed by atoms with E-state index in [4.69, 9.17) is 0 Å². The molecule has 3 rings (SSSR count). The predicted octanol–water partition coefficient (Wildman–Crippen LogP) is 2.28. The van der Waals surface area contributed by atoms with Crippen LogP contribution in [0.2, 0.25) is 0 Å². The summed E-state index contributed by atoms with van der Waals surface area (Å²) in [5, 5.41) is 8.70. The lowest BCUT2D eigenvalue weighted by molar-refractivity contribution is -0.110. The normalized spacial score (nSPS) is 18.3. The van der Waals surface area contributed by atoms with Gasteiger partial charge in [0.1, 0.15) is 11.6 Å². The summed E-state index contributed by atoms with van der Waals surface area (Å²) in [4.78, 5) is 19.0. The number of carbonyl (C=O) groups excluding carboxylic acids is 1. The Balaban J connectivity index is 1.69. The molecular formula is C18H18FN5O. The van der Waals surface area contributed by atoms with Crippen molar-refractivity contribution in [1.82, 2.24) is 15.3 Å². The smallest absolute Gasteiger partial charge is 0.229 e. The number of amides is 1. The van der Waals surface area contributed by atoms with E-state index in [1.165, 1.54) is 12.1 Å². The van der Waals surface area contributed by atoms with Crippen LogP contribution in [0, 0.1) is 23.6 Å². The predicted molar refractivity (Wildman–Crippen MR) is 93.9 cm³/mol. The molecule has 1 aromatic carbocycles. The highest BCUT2D eigenvalue weighted by Gasteiger charge is 2.26. The van der Waals surface area contributed by atoms with Crippen LogP contribution >= 0.6 is 0 Å². The van der Waals surface area contributed by atoms with Crippen LogP contribution in [0.3, 0.4) is 0 Å². The van der Waals surface area contributed by atoms with Crippen LogP contribution < -0.4 is 16.0 Å². The molecule has 2 aromatic rings. The summed E-state index contributed by atoms with van der Waals surface area (Å²) in [5.41, 5.74) is 1.27. The van der Waals surface area contributed by atoms with Gasteiger partial charge in [0, 0.05) is 24.7 Å². The minimum Gasteiger partial charge on any atom is -0.372 e. The van der Waals surface area contributed by atoms with Crippen molar-refractivity contribution in [2.45, 2.75) is 18.9 Å². The number of benzene rings is 1. The van der Waals surface area contributed by atoms with E-state index in [-0.39, 0.29) is 17.8 Å². The van der Waals surface area contributed by atoms with Gasteiger partial charge in [-0.05, 0) is 31.0 Å². The number of halogens is 1. The van der Waals surface area contributed by atoms with Crippen molar-refractivity contribution < 1.29 is 9.18 Å². The SMILES string of the molecule is CNc1nc(Nc2cccc(F)c2)ncc1C#CC1CC(NC=O)C1. The largest absolute Gasteiger partial charge is 0.372 e. The van der Waals surface area contributed by atoms with Gasteiger partial charge in [0.05, 0.1) is 11.8 Å². The van der Waals surface area contributed by atoms with E-state index in [1.54, 1.807) is 25.4 Å². The summed E-state index contributed by atoms with van der Waals surface area (Å²) in [6, 6.07) is 6.33. The molecule has 0 aliphatic heterocycles. The molecule has 0 saturated heterocycles. The number of carbonyl (C=O) groups is 1. The Morgan fingerprint density at radius 1 is 1.36 bits per heavy atom. The molecule has 1 aliphatic carbocycles. The molecule has 6 nitrogen and oxygen atoms in total. The summed E-state index contributed by atoms with van der Waals surface area (Å²) in [5.74, 6) is 7.17. The molecule has 1 amide bonds. The number of hydrogen-bond acceptors (Lipinski definition) is 5. The number of aromatic nitrogens is 2. The van der Waals surface area contributed by atoms with Crippen molar-refractivity contribution in [3.05, 3.63) is 41.8 Å². The van der Waals surface area contributed by atoms with Crippen molar-refractivity contribution in [1.29, 1.82) is 0 Å². The van der Waals surface area contributed by atoms with Crippen LogP contribution in [-0.4, -0.2) is 29.5 Å². The topological polar surface area (TPSA) is 78.9 Å². The fourth-order valence-corrected chi connectivity index (χ4v) is 2.57. The molecule has 1 fully saturated rings. The molecule has 1 saturated carbocycles. The Morgan fingerprint density at radius 3 is 2.92 bits per heavy atom. The van der Waals surface area contributed by atoms with E-state index in [2.05, 4.69) is 37.8 Å². The van der Waals surface area contributed by atoms with Gasteiger partial charge in [-0.15, -0.1) is 0 Å². The molecule has 0 spiro atoms. The molecule has 0 radical (unpaired) electrons. The molecule has 3 N–H and O–H groups in total. The number of nitrogens with zero attached hydrogens (tertiary/aromatic N) is 2. The number of nitrogens with one attached hydrogen (secondary N) is 3. The van der Waals surface area contributed by atoms with Gasteiger partial charge >= 0.3 is 0 Å². The van der Waals surface area contributed by atoms with Crippen LogP contribution in [0.5, 0.6) is 0 Å². The average molecular weight is 339 g/mol. The monoisotopic (exact) mass is 339 g/mol. The van der Waals surface area contributed by atoms with Crippen LogP contribution in [0.15, 0.2) is 30.5 Å². The molecule has 1 aliphatic rings. The van der Waals surface area contributed by atoms with Gasteiger partial charge in [-0.1, -0.05) is 17.9 Å². The Morgan fingerprint density at radius 2 is 2.20 bits per heavy atom. The fraction of sp³-hybridized carbons (Fsp3) is 0.278. The van der Waals surface area contributed by atoms with Crippen molar-refractivity contribution in [3.63, 3.8) is 0 Å². The third kappa shape index (κ3) is 4.23. The van der Waals surface area contributed by atoms with Crippen molar-refractivity contribution in [2.24, 2.45) is 5.92 Å². The summed E-state index contributed by atoms with van der Waals surface area (Å²) >= 11 is 0. The summed E-state index contributed by atoms with van der Waals surface area (Å²) in [6.45, 7) is 0. The van der Waals surface area contributed by atoms with Crippen LogP contribution in [0.4, 0.5) is 21.8 Å². The van der Waals surface area contributed by atoms with Gasteiger partial charge in [0.15, 0.2) is 0 Å². The summed E-state index contributed by atoms with van der Waals surface area (Å²) < 4.78 is 13.2. The number of anilines is 3. The summed E-state index contributed by atoms with van der Waals surface area (Å²) in [6.07, 6.45) is 4.08. The Kier molecular flexibility index (Phi) is 5.09. The van der Waals surface area contributed by atoms with Gasteiger partial charge < -0.3 is 16.0 Å². The van der Waals surface area contributed by atoms with E-state index in [9.17, 15) is 9.18 Å². The second-order valence-electron chi connectivity index (χ2n) is 5.76. The first kappa shape index (κ1) is 16.7. The Labute approximate surface area is 145 Å². The molecule has 25 heavy (non-hydrogen) atoms. The molecule has 1 heterocycles. The molecule has 7 heteroatoms. The standard InChI is InChI=1S/C18H18FN5O/c1-20-17-13(6-5-12-7-16(8-12)22-11-25)10-21-18(24-17)23-15-4-2-3-14(19)9-15/h2-4,9-12,16H,7-8H2,1H3,(H,22,25)(H2,20,21,23,24). The first-order valence-electron chi connectivity index (χ1n) is 7.96. The third-order valence-corrected chi connectivity index (χ3v) is 3.96. The second-order valence-corrected chi connectivity index (χ2v) is 5.76. The van der Waals surface area contributed by atoms with E-state index in [0.29, 0.717) is 23.0 Å². The van der Waals surface area contributed by atoms with Crippen LogP contribution in [0.25, 0.3) is 0 Å². The Bertz CT molecular complexity index is 824. The van der Waals surface area contributed by atoms with Gasteiger partial charge in [-0.2, -0.15) is 4.98 Å². The zero-order valence-electron chi connectivity index (χ0n) is 13.7. The van der Waals surface area contributed by atoms with E-state index >= 15 is 0 Å². The summed E-state index contributed by atoms with van der Waals surface area (Å²) in [7, 11) is 1.76. The fourth-order valence-electron chi connectivity index (χ4n) is 2.57. The maximum absolute atomic E-state index is 13.2. The first-order valence-corrected chi connectivity index (χ1v) is 7.96. The van der Waals surface area contributed by atoms with Crippen molar-refractivity contribution in [2.75, 3.05) is 17.7 Å². The molecule has 128 valence electrons. The molecular weight excluding hydrogens is 321 g/mol. The van der Waals surface area contributed by atoms with Crippen molar-refractivity contribution >= 4 is 23.9 Å². The maximum atomic E-state index is 13.2. The average Bonchev–Trinajstić information content (AvgIpc) is 2.57. The van der Waals surface area contributed by atoms with Gasteiger partial charge in [-0.3, -0.25) is 4.79 Å². The van der Waals surface area contributed by atoms with Gasteiger partial charge in [0.25, 0.3) is 0 Å². The Hall–Kier alpha value is -3.14. The second kappa shape index (κ2) is 7.62. The van der Waals surface area contributed by atoms with Crippen LogP contribution in [0.1, 0.15) is 18.4 Å². The zero-order valence-corrected chi connectivity index (χ0v) is 13.7.